The van der Waals surface area contributed by atoms with Crippen LogP contribution < -0.4 is 15.7 Å². The van der Waals surface area contributed by atoms with E-state index in [2.05, 4.69) is 20.4 Å². The molecule has 0 saturated carbocycles. The third-order valence-electron chi connectivity index (χ3n) is 6.32. The van der Waals surface area contributed by atoms with Crippen LogP contribution in [0.25, 0.3) is 0 Å². The number of piperidine rings is 1. The molecule has 14 heteroatoms. The summed E-state index contributed by atoms with van der Waals surface area (Å²) in [7, 11) is -1.53. The van der Waals surface area contributed by atoms with Gasteiger partial charge in [-0.15, -0.1) is 11.3 Å². The number of carbonyl (C=O) groups is 2. The molecule has 0 radical (unpaired) electrons. The van der Waals surface area contributed by atoms with Crippen LogP contribution in [0, 0.1) is 5.92 Å². The van der Waals surface area contributed by atoms with Crippen molar-refractivity contribution in [3.8, 4) is 5.75 Å². The van der Waals surface area contributed by atoms with Gasteiger partial charge in [0.1, 0.15) is 17.0 Å². The molecule has 186 valence electrons. The number of benzene rings is 1. The van der Waals surface area contributed by atoms with Crippen molar-refractivity contribution >= 4 is 41.2 Å². The minimum absolute atomic E-state index is 0.0221. The highest BCUT2D eigenvalue weighted by Gasteiger charge is 2.39. The zero-order chi connectivity index (χ0) is 25.1. The van der Waals surface area contributed by atoms with E-state index in [1.165, 1.54) is 5.38 Å². The quantitative estimate of drug-likeness (QED) is 0.129. The van der Waals surface area contributed by atoms with E-state index in [0.717, 1.165) is 37.3 Å². The van der Waals surface area contributed by atoms with E-state index < -0.39 is 24.9 Å². The van der Waals surface area contributed by atoms with E-state index >= 15 is 0 Å². The first kappa shape index (κ1) is 24.9. The standard InChI is InChI=1S/C21H26BN5O7S/c23-21-24-14(10-35-21)17(26-33)19(29)25-15-7-12-1-2-13(8-27-5-3-11(9-28)4-6-27)16(20(30)31)18(12)34-22(15)32/h1-2,10-11,15,28,32-33H,3-9H2,(H2,23,24)(H,25,29)(H,30,31)/b26-17-/t15-/m0/s1. The largest absolute Gasteiger partial charge is 0.547 e. The lowest BCUT2D eigenvalue weighted by Crippen LogP contribution is -2.54. The molecule has 2 aliphatic rings. The smallest absolute Gasteiger partial charge is 0.534 e. The Bertz CT molecular complexity index is 1140. The number of nitrogens with one attached hydrogen (secondary N) is 1. The number of likely N-dealkylation sites (tertiary alicyclic amines) is 1. The summed E-state index contributed by atoms with van der Waals surface area (Å²) in [5.74, 6) is -2.55. The molecular formula is C21H26BN5O7S. The molecule has 1 amide bonds. The zero-order valence-corrected chi connectivity index (χ0v) is 19.6. The van der Waals surface area contributed by atoms with Crippen LogP contribution in [0.3, 0.4) is 0 Å². The maximum absolute atomic E-state index is 12.6. The second kappa shape index (κ2) is 10.6. The number of aliphatic hydroxyl groups is 1. The first-order chi connectivity index (χ1) is 16.8. The molecule has 1 saturated heterocycles. The van der Waals surface area contributed by atoms with Crippen molar-refractivity contribution in [1.82, 2.24) is 15.2 Å². The van der Waals surface area contributed by atoms with Crippen molar-refractivity contribution < 1.29 is 34.7 Å². The van der Waals surface area contributed by atoms with Gasteiger partial charge < -0.3 is 36.1 Å². The van der Waals surface area contributed by atoms with Crippen molar-refractivity contribution in [1.29, 1.82) is 0 Å². The average Bonchev–Trinajstić information content (AvgIpc) is 3.26. The lowest BCUT2D eigenvalue weighted by molar-refractivity contribution is -0.115. The van der Waals surface area contributed by atoms with E-state index in [9.17, 15) is 30.0 Å². The Morgan fingerprint density at radius 3 is 2.69 bits per heavy atom. The number of aliphatic hydroxyl groups excluding tert-OH is 1. The number of hydrogen-bond acceptors (Lipinski definition) is 11. The van der Waals surface area contributed by atoms with E-state index in [1.54, 1.807) is 12.1 Å². The maximum atomic E-state index is 12.6. The SMILES string of the molecule is Nc1nc(/C(=N/O)C(=O)N[C@H]2Cc3ccc(CN4CCC(CO)CC4)c(C(=O)O)c3OB2O)cs1. The molecule has 0 bridgehead atoms. The van der Waals surface area contributed by atoms with Gasteiger partial charge in [-0.2, -0.15) is 0 Å². The number of carbonyl (C=O) groups excluding carboxylic acids is 1. The summed E-state index contributed by atoms with van der Waals surface area (Å²) >= 11 is 1.07. The van der Waals surface area contributed by atoms with Crippen molar-refractivity contribution in [2.45, 2.75) is 31.7 Å². The number of fused-ring (bicyclic) bond motifs is 1. The second-order valence-electron chi connectivity index (χ2n) is 8.61. The van der Waals surface area contributed by atoms with Gasteiger partial charge in [-0.25, -0.2) is 9.78 Å². The number of aromatic carboxylic acids is 1. The average molecular weight is 503 g/mol. The minimum atomic E-state index is -1.53. The van der Waals surface area contributed by atoms with E-state index in [4.69, 9.17) is 10.4 Å². The molecule has 3 heterocycles. The number of thiazole rings is 1. The topological polar surface area (TPSA) is 191 Å². The molecule has 2 aliphatic heterocycles. The Morgan fingerprint density at radius 1 is 1.34 bits per heavy atom. The van der Waals surface area contributed by atoms with Crippen molar-refractivity contribution in [3.63, 3.8) is 0 Å². The Hall–Kier alpha value is -3.20. The summed E-state index contributed by atoms with van der Waals surface area (Å²) in [6.45, 7) is 2.05. The molecule has 1 atom stereocenters. The van der Waals surface area contributed by atoms with Crippen molar-refractivity contribution in [2.24, 2.45) is 11.1 Å². The van der Waals surface area contributed by atoms with Crippen LogP contribution in [0.4, 0.5) is 5.13 Å². The monoisotopic (exact) mass is 503 g/mol. The molecule has 0 aliphatic carbocycles. The van der Waals surface area contributed by atoms with Gasteiger partial charge in [0.05, 0.1) is 5.94 Å². The van der Waals surface area contributed by atoms with Gasteiger partial charge in [-0.3, -0.25) is 9.69 Å². The fourth-order valence-corrected chi connectivity index (χ4v) is 4.95. The number of nitrogen functional groups attached to an aromatic ring is 1. The summed E-state index contributed by atoms with van der Waals surface area (Å²) in [5.41, 5.74) is 6.33. The van der Waals surface area contributed by atoms with Crippen LogP contribution >= 0.6 is 11.3 Å². The number of anilines is 1. The van der Waals surface area contributed by atoms with Crippen LogP contribution in [-0.4, -0.2) is 80.7 Å². The molecule has 12 nitrogen and oxygen atoms in total. The number of carboxylic acids is 1. The highest BCUT2D eigenvalue weighted by Crippen LogP contribution is 2.34. The van der Waals surface area contributed by atoms with E-state index in [1.807, 2.05) is 0 Å². The maximum Gasteiger partial charge on any atom is 0.547 e. The van der Waals surface area contributed by atoms with Gasteiger partial charge in [0.15, 0.2) is 10.8 Å². The predicted octanol–water partition coefficient (Wildman–Crippen LogP) is -0.0543. The summed E-state index contributed by atoms with van der Waals surface area (Å²) < 4.78 is 5.60. The molecule has 2 aromatic rings. The molecule has 0 spiro atoms. The number of carboxylic acid groups (broad SMARTS) is 1. The van der Waals surface area contributed by atoms with E-state index in [-0.39, 0.29) is 46.8 Å². The van der Waals surface area contributed by atoms with Crippen LogP contribution in [0.2, 0.25) is 0 Å². The van der Waals surface area contributed by atoms with Crippen LogP contribution in [-0.2, 0) is 17.8 Å². The Labute approximate surface area is 205 Å². The summed E-state index contributed by atoms with van der Waals surface area (Å²) in [6.07, 6.45) is 1.78. The third-order valence-corrected chi connectivity index (χ3v) is 6.99. The molecule has 1 aromatic carbocycles. The molecule has 7 N–H and O–H groups in total. The molecule has 4 rings (SSSR count). The van der Waals surface area contributed by atoms with Gasteiger partial charge in [-0.1, -0.05) is 17.3 Å². The van der Waals surface area contributed by atoms with Gasteiger partial charge in [0, 0.05) is 18.5 Å². The number of amides is 1. The molecular weight excluding hydrogens is 477 g/mol. The van der Waals surface area contributed by atoms with Crippen LogP contribution in [0.1, 0.15) is 40.0 Å². The first-order valence-corrected chi connectivity index (χ1v) is 12.0. The van der Waals surface area contributed by atoms with Crippen molar-refractivity contribution in [2.75, 3.05) is 25.4 Å². The number of hydrogen-bond donors (Lipinski definition) is 6. The molecule has 1 fully saturated rings. The van der Waals surface area contributed by atoms with E-state index in [0.29, 0.717) is 17.7 Å². The number of aromatic nitrogens is 1. The van der Waals surface area contributed by atoms with Gasteiger partial charge in [0.2, 0.25) is 0 Å². The van der Waals surface area contributed by atoms with Gasteiger partial charge in [0.25, 0.3) is 5.91 Å². The summed E-state index contributed by atoms with van der Waals surface area (Å²) in [6, 6.07) is 3.45. The molecule has 35 heavy (non-hydrogen) atoms. The number of nitrogens with zero attached hydrogens (tertiary/aromatic N) is 3. The summed E-state index contributed by atoms with van der Waals surface area (Å²) in [4.78, 5) is 30.8. The minimum Gasteiger partial charge on any atom is -0.534 e. The predicted molar refractivity (Wildman–Crippen MR) is 128 cm³/mol. The lowest BCUT2D eigenvalue weighted by Gasteiger charge is -2.33. The Balaban J connectivity index is 1.51. The fraction of sp³-hybridized carbons (Fsp3) is 0.429. The van der Waals surface area contributed by atoms with Crippen LogP contribution in [0.5, 0.6) is 5.75 Å². The fourth-order valence-electron chi connectivity index (χ4n) is 4.41. The highest BCUT2D eigenvalue weighted by molar-refractivity contribution is 7.13. The normalized spacial score (nSPS) is 19.2. The lowest BCUT2D eigenvalue weighted by atomic mass is 9.72. The Morgan fingerprint density at radius 2 is 2.09 bits per heavy atom. The van der Waals surface area contributed by atoms with Crippen LogP contribution in [0.15, 0.2) is 22.7 Å². The van der Waals surface area contributed by atoms with Gasteiger partial charge in [-0.05, 0) is 49.4 Å². The molecule has 1 aromatic heterocycles. The molecule has 0 unspecified atom stereocenters. The summed E-state index contributed by atoms with van der Waals surface area (Å²) in [5, 5.41) is 46.3. The number of oxime groups is 1. The second-order valence-corrected chi connectivity index (χ2v) is 9.50. The number of nitrogens with two attached hydrogens (primary N) is 1. The highest BCUT2D eigenvalue weighted by atomic mass is 32.1. The van der Waals surface area contributed by atoms with Crippen molar-refractivity contribution in [3.05, 3.63) is 39.9 Å². The van der Waals surface area contributed by atoms with Gasteiger partial charge >= 0.3 is 13.1 Å². The number of rotatable bonds is 7. The Kier molecular flexibility index (Phi) is 7.55. The third kappa shape index (κ3) is 5.40. The zero-order valence-electron chi connectivity index (χ0n) is 18.8. The first-order valence-electron chi connectivity index (χ1n) is 11.1.